The van der Waals surface area contributed by atoms with Crippen LogP contribution in [0.15, 0.2) is 261 Å². The smallest absolute Gasteiger partial charge is 0.0546 e. The van der Waals surface area contributed by atoms with Crippen LogP contribution in [0.25, 0.3) is 99.1 Å². The second-order valence-corrected chi connectivity index (χ2v) is 19.2. The lowest BCUT2D eigenvalue weighted by Gasteiger charge is -2.31. The molecule has 0 unspecified atom stereocenters. The molecule has 0 aromatic heterocycles. The van der Waals surface area contributed by atoms with E-state index in [2.05, 4.69) is 280 Å². The Kier molecular flexibility index (Phi) is 9.92. The molecule has 12 aromatic carbocycles. The third-order valence-corrected chi connectivity index (χ3v) is 14.9. The van der Waals surface area contributed by atoms with E-state index in [4.69, 9.17) is 0 Å². The predicted octanol–water partition coefficient (Wildman–Crippen LogP) is 19.3. The summed E-state index contributed by atoms with van der Waals surface area (Å²) in [5.41, 5.74) is 20.2. The van der Waals surface area contributed by atoms with Crippen LogP contribution < -0.4 is 4.90 Å². The number of hydrogen-bond donors (Lipinski definition) is 0. The van der Waals surface area contributed by atoms with Gasteiger partial charge in [0, 0.05) is 22.4 Å². The molecule has 0 bridgehead atoms. The Labute approximate surface area is 410 Å². The van der Waals surface area contributed by atoms with E-state index in [1.54, 1.807) is 0 Å². The quantitative estimate of drug-likeness (QED) is 0.137. The maximum atomic E-state index is 2.53. The van der Waals surface area contributed by atoms with E-state index in [9.17, 15) is 0 Å². The highest BCUT2D eigenvalue weighted by Gasteiger charge is 2.36. The molecule has 1 heteroatoms. The highest BCUT2D eigenvalue weighted by atomic mass is 15.1. The van der Waals surface area contributed by atoms with Crippen molar-refractivity contribution >= 4 is 49.4 Å². The standard InChI is InChI=1S/C69H49N/c1-69(2)66-35-17-16-31-60(66)65-43-52(38-41-67(65)69)70(51-37-40-59(61(42-51)47-20-6-3-7-21-47)56-32-18-28-46-26-12-14-29-53(46)56)68-45-62(48-22-8-4-9-23-48)64(44-63(68)49-24-10-5-11-25-49)57-34-19-33-55-54-30-15-13-27-50(54)36-39-58(55)57/h3-45H,1-2H3. The monoisotopic (exact) mass is 891 g/mol. The van der Waals surface area contributed by atoms with Gasteiger partial charge in [-0.25, -0.2) is 0 Å². The van der Waals surface area contributed by atoms with Gasteiger partial charge in [0.25, 0.3) is 0 Å². The normalized spacial score (nSPS) is 12.5. The Morgan fingerprint density at radius 3 is 1.46 bits per heavy atom. The molecule has 0 atom stereocenters. The van der Waals surface area contributed by atoms with E-state index in [1.165, 1.54) is 93.5 Å². The highest BCUT2D eigenvalue weighted by Crippen LogP contribution is 2.53. The van der Waals surface area contributed by atoms with Gasteiger partial charge in [-0.05, 0) is 141 Å². The zero-order chi connectivity index (χ0) is 46.8. The minimum absolute atomic E-state index is 0.128. The Balaban J connectivity index is 1.13. The van der Waals surface area contributed by atoms with Crippen LogP contribution in [0.5, 0.6) is 0 Å². The molecule has 1 aliphatic rings. The first-order valence-electron chi connectivity index (χ1n) is 24.4. The molecule has 0 amide bonds. The summed E-state index contributed by atoms with van der Waals surface area (Å²) in [5, 5.41) is 7.46. The molecule has 0 spiro atoms. The van der Waals surface area contributed by atoms with E-state index < -0.39 is 0 Å². The number of anilines is 3. The van der Waals surface area contributed by atoms with Gasteiger partial charge in [-0.2, -0.15) is 0 Å². The van der Waals surface area contributed by atoms with E-state index in [-0.39, 0.29) is 5.41 Å². The van der Waals surface area contributed by atoms with Gasteiger partial charge in [-0.15, -0.1) is 0 Å². The third kappa shape index (κ3) is 6.85. The molecule has 0 saturated heterocycles. The number of hydrogen-bond acceptors (Lipinski definition) is 1. The van der Waals surface area contributed by atoms with Crippen molar-refractivity contribution in [3.8, 4) is 66.8 Å². The predicted molar refractivity (Wildman–Crippen MR) is 298 cm³/mol. The van der Waals surface area contributed by atoms with Crippen molar-refractivity contribution in [2.75, 3.05) is 4.90 Å². The summed E-state index contributed by atoms with van der Waals surface area (Å²) < 4.78 is 0. The van der Waals surface area contributed by atoms with Gasteiger partial charge in [0.2, 0.25) is 0 Å². The molecule has 0 heterocycles. The Bertz CT molecular complexity index is 3950. The fraction of sp³-hybridized carbons (Fsp3) is 0.0435. The number of fused-ring (bicyclic) bond motifs is 7. The largest absolute Gasteiger partial charge is 0.310 e. The van der Waals surface area contributed by atoms with Gasteiger partial charge in [0.15, 0.2) is 0 Å². The van der Waals surface area contributed by atoms with E-state index in [1.807, 2.05) is 0 Å². The summed E-state index contributed by atoms with van der Waals surface area (Å²) in [6, 6.07) is 96.6. The minimum atomic E-state index is -0.128. The average Bonchev–Trinajstić information content (AvgIpc) is 3.66. The summed E-state index contributed by atoms with van der Waals surface area (Å²) in [6.07, 6.45) is 0. The molecule has 0 radical (unpaired) electrons. The first-order valence-corrected chi connectivity index (χ1v) is 24.4. The lowest BCUT2D eigenvalue weighted by Crippen LogP contribution is -2.16. The number of rotatable bonds is 8. The van der Waals surface area contributed by atoms with Crippen molar-refractivity contribution in [2.45, 2.75) is 19.3 Å². The first kappa shape index (κ1) is 41.4. The molecular weight excluding hydrogens is 843 g/mol. The topological polar surface area (TPSA) is 3.24 Å². The Hall–Kier alpha value is -8.78. The van der Waals surface area contributed by atoms with Crippen LogP contribution in [0.1, 0.15) is 25.0 Å². The molecule has 0 aliphatic heterocycles. The highest BCUT2D eigenvalue weighted by molar-refractivity contribution is 6.14. The van der Waals surface area contributed by atoms with Crippen molar-refractivity contribution in [3.63, 3.8) is 0 Å². The second-order valence-electron chi connectivity index (χ2n) is 19.2. The fourth-order valence-corrected chi connectivity index (χ4v) is 11.5. The van der Waals surface area contributed by atoms with E-state index in [0.29, 0.717) is 0 Å². The van der Waals surface area contributed by atoms with Crippen molar-refractivity contribution in [1.29, 1.82) is 0 Å². The molecule has 70 heavy (non-hydrogen) atoms. The third-order valence-electron chi connectivity index (χ3n) is 14.9. The van der Waals surface area contributed by atoms with Gasteiger partial charge in [-0.1, -0.05) is 238 Å². The zero-order valence-electron chi connectivity index (χ0n) is 39.3. The van der Waals surface area contributed by atoms with Crippen molar-refractivity contribution in [3.05, 3.63) is 272 Å². The van der Waals surface area contributed by atoms with Crippen LogP contribution in [-0.2, 0) is 5.41 Å². The van der Waals surface area contributed by atoms with Gasteiger partial charge < -0.3 is 4.90 Å². The van der Waals surface area contributed by atoms with Crippen molar-refractivity contribution in [1.82, 2.24) is 0 Å². The summed E-state index contributed by atoms with van der Waals surface area (Å²) in [6.45, 7) is 4.73. The van der Waals surface area contributed by atoms with Gasteiger partial charge in [-0.3, -0.25) is 0 Å². The summed E-state index contributed by atoms with van der Waals surface area (Å²) in [4.78, 5) is 2.53. The molecule has 0 fully saturated rings. The molecule has 0 saturated carbocycles. The van der Waals surface area contributed by atoms with Gasteiger partial charge in [0.1, 0.15) is 0 Å². The molecule has 13 rings (SSSR count). The van der Waals surface area contributed by atoms with Crippen LogP contribution in [-0.4, -0.2) is 0 Å². The molecule has 330 valence electrons. The average molecular weight is 892 g/mol. The summed E-state index contributed by atoms with van der Waals surface area (Å²) >= 11 is 0. The maximum absolute atomic E-state index is 2.53. The van der Waals surface area contributed by atoms with E-state index >= 15 is 0 Å². The maximum Gasteiger partial charge on any atom is 0.0546 e. The molecular formula is C69H49N. The van der Waals surface area contributed by atoms with Crippen LogP contribution in [0.3, 0.4) is 0 Å². The van der Waals surface area contributed by atoms with Crippen LogP contribution in [0.2, 0.25) is 0 Å². The van der Waals surface area contributed by atoms with Gasteiger partial charge >= 0.3 is 0 Å². The Morgan fingerprint density at radius 1 is 0.257 bits per heavy atom. The Morgan fingerprint density at radius 2 is 0.743 bits per heavy atom. The SMILES string of the molecule is CC1(C)c2ccccc2-c2cc(N(c3ccc(-c4cccc5ccccc45)c(-c4ccccc4)c3)c3cc(-c4ccccc4)c(-c4cccc5c4ccc4ccccc45)cc3-c3ccccc3)ccc21. The number of benzene rings is 12. The lowest BCUT2D eigenvalue weighted by atomic mass is 9.82. The van der Waals surface area contributed by atoms with Crippen molar-refractivity contribution < 1.29 is 0 Å². The van der Waals surface area contributed by atoms with Crippen molar-refractivity contribution in [2.24, 2.45) is 0 Å². The molecule has 12 aromatic rings. The van der Waals surface area contributed by atoms with Crippen LogP contribution >= 0.6 is 0 Å². The number of nitrogens with zero attached hydrogens (tertiary/aromatic N) is 1. The second kappa shape index (κ2) is 16.8. The zero-order valence-corrected chi connectivity index (χ0v) is 39.3. The summed E-state index contributed by atoms with van der Waals surface area (Å²) in [7, 11) is 0. The molecule has 1 nitrogen and oxygen atoms in total. The lowest BCUT2D eigenvalue weighted by molar-refractivity contribution is 0.660. The molecule has 0 N–H and O–H groups in total. The first-order chi connectivity index (χ1) is 34.5. The van der Waals surface area contributed by atoms with Crippen LogP contribution in [0, 0.1) is 0 Å². The van der Waals surface area contributed by atoms with Crippen LogP contribution in [0.4, 0.5) is 17.1 Å². The van der Waals surface area contributed by atoms with E-state index in [0.717, 1.165) is 33.8 Å². The summed E-state index contributed by atoms with van der Waals surface area (Å²) in [5.74, 6) is 0. The fourth-order valence-electron chi connectivity index (χ4n) is 11.5. The van der Waals surface area contributed by atoms with Gasteiger partial charge in [0.05, 0.1) is 5.69 Å². The minimum Gasteiger partial charge on any atom is -0.310 e. The molecule has 1 aliphatic carbocycles.